The molecular weight excluding hydrogens is 459 g/mol. The normalized spacial score (nSPS) is 13.2. The Labute approximate surface area is 206 Å². The lowest BCUT2D eigenvalue weighted by Gasteiger charge is -2.31. The van der Waals surface area contributed by atoms with Crippen molar-refractivity contribution < 1.29 is 9.59 Å². The SMILES string of the molecule is CC(C)CCCNC(=O)CN(CC(=O)N(C)N1Cc2ccccc2C1)c1ccc(Cl)cc1Cl. The zero-order valence-electron chi connectivity index (χ0n) is 19.5. The number of nitrogens with one attached hydrogen (secondary N) is 1. The molecule has 0 spiro atoms. The highest BCUT2D eigenvalue weighted by Crippen LogP contribution is 2.29. The van der Waals surface area contributed by atoms with Gasteiger partial charge < -0.3 is 10.2 Å². The minimum atomic E-state index is -0.145. The number of rotatable bonds is 10. The van der Waals surface area contributed by atoms with E-state index >= 15 is 0 Å². The second-order valence-electron chi connectivity index (χ2n) is 8.85. The van der Waals surface area contributed by atoms with Gasteiger partial charge in [0.15, 0.2) is 0 Å². The molecule has 8 heteroatoms. The topological polar surface area (TPSA) is 55.9 Å². The third kappa shape index (κ3) is 7.10. The molecule has 0 fully saturated rings. The number of carbonyl (C=O) groups is 2. The van der Waals surface area contributed by atoms with Crippen LogP contribution < -0.4 is 10.2 Å². The van der Waals surface area contributed by atoms with E-state index in [2.05, 4.69) is 31.3 Å². The molecule has 1 aliphatic heterocycles. The summed E-state index contributed by atoms with van der Waals surface area (Å²) >= 11 is 12.5. The van der Waals surface area contributed by atoms with Crippen LogP contribution in [0.5, 0.6) is 0 Å². The summed E-state index contributed by atoms with van der Waals surface area (Å²) in [7, 11) is 1.77. The van der Waals surface area contributed by atoms with Crippen LogP contribution in [0.2, 0.25) is 10.0 Å². The second-order valence-corrected chi connectivity index (χ2v) is 9.69. The molecule has 6 nitrogen and oxygen atoms in total. The van der Waals surface area contributed by atoms with Gasteiger partial charge in [-0.25, -0.2) is 5.01 Å². The fourth-order valence-corrected chi connectivity index (χ4v) is 4.41. The molecule has 0 saturated carbocycles. The summed E-state index contributed by atoms with van der Waals surface area (Å²) in [4.78, 5) is 27.6. The summed E-state index contributed by atoms with van der Waals surface area (Å²) in [6.45, 7) is 6.33. The molecule has 0 unspecified atom stereocenters. The van der Waals surface area contributed by atoms with Gasteiger partial charge in [0.05, 0.1) is 23.8 Å². The molecule has 0 aliphatic carbocycles. The first-order valence-corrected chi connectivity index (χ1v) is 12.0. The van der Waals surface area contributed by atoms with Crippen LogP contribution in [0.4, 0.5) is 5.69 Å². The van der Waals surface area contributed by atoms with E-state index in [0.29, 0.717) is 41.3 Å². The number of nitrogens with zero attached hydrogens (tertiary/aromatic N) is 3. The maximum absolute atomic E-state index is 13.2. The van der Waals surface area contributed by atoms with Gasteiger partial charge in [-0.1, -0.05) is 61.3 Å². The minimum absolute atomic E-state index is 0.0180. The smallest absolute Gasteiger partial charge is 0.256 e. The highest BCUT2D eigenvalue weighted by Gasteiger charge is 2.27. The number of amides is 2. The van der Waals surface area contributed by atoms with Crippen molar-refractivity contribution in [2.24, 2.45) is 5.92 Å². The molecule has 33 heavy (non-hydrogen) atoms. The predicted octanol–water partition coefficient (Wildman–Crippen LogP) is 4.74. The number of fused-ring (bicyclic) bond motifs is 1. The Morgan fingerprint density at radius 3 is 2.33 bits per heavy atom. The number of anilines is 1. The second kappa shape index (κ2) is 11.7. The minimum Gasteiger partial charge on any atom is -0.355 e. The van der Waals surface area contributed by atoms with Crippen molar-refractivity contribution in [3.63, 3.8) is 0 Å². The number of benzene rings is 2. The van der Waals surface area contributed by atoms with Crippen LogP contribution >= 0.6 is 23.2 Å². The van der Waals surface area contributed by atoms with E-state index in [-0.39, 0.29) is 24.9 Å². The van der Waals surface area contributed by atoms with Crippen molar-refractivity contribution in [2.75, 3.05) is 31.6 Å². The average Bonchev–Trinajstić information content (AvgIpc) is 3.20. The third-order valence-electron chi connectivity index (χ3n) is 5.80. The van der Waals surface area contributed by atoms with Crippen LogP contribution in [-0.2, 0) is 22.7 Å². The van der Waals surface area contributed by atoms with Crippen molar-refractivity contribution in [3.8, 4) is 0 Å². The van der Waals surface area contributed by atoms with Crippen LogP contribution in [-0.4, -0.2) is 48.5 Å². The standard InChI is InChI=1S/C25H32Cl2N4O2/c1-18(2)7-6-12-28-24(32)16-30(23-11-10-21(26)13-22(23)27)17-25(33)29(3)31-14-19-8-4-5-9-20(19)15-31/h4-5,8-11,13,18H,6-7,12,14-17H2,1-3H3,(H,28,32). The molecule has 1 aliphatic rings. The van der Waals surface area contributed by atoms with Gasteiger partial charge in [-0.3, -0.25) is 14.6 Å². The van der Waals surface area contributed by atoms with E-state index in [1.54, 1.807) is 35.2 Å². The number of hydrogen-bond donors (Lipinski definition) is 1. The Hall–Kier alpha value is -2.28. The van der Waals surface area contributed by atoms with E-state index in [1.165, 1.54) is 11.1 Å². The third-order valence-corrected chi connectivity index (χ3v) is 6.34. The number of hydrogen-bond acceptors (Lipinski definition) is 4. The Bertz CT molecular complexity index is 958. The first kappa shape index (κ1) is 25.3. The first-order valence-electron chi connectivity index (χ1n) is 11.3. The highest BCUT2D eigenvalue weighted by molar-refractivity contribution is 6.36. The van der Waals surface area contributed by atoms with Crippen molar-refractivity contribution in [1.82, 2.24) is 15.3 Å². The predicted molar refractivity (Wildman–Crippen MR) is 134 cm³/mol. The Morgan fingerprint density at radius 2 is 1.73 bits per heavy atom. The van der Waals surface area contributed by atoms with Gasteiger partial charge >= 0.3 is 0 Å². The lowest BCUT2D eigenvalue weighted by atomic mass is 10.1. The van der Waals surface area contributed by atoms with Crippen LogP contribution in [0.25, 0.3) is 0 Å². The molecule has 178 valence electrons. The molecule has 0 radical (unpaired) electrons. The van der Waals surface area contributed by atoms with Gasteiger partial charge in [-0.15, -0.1) is 0 Å². The summed E-state index contributed by atoms with van der Waals surface area (Å²) in [6, 6.07) is 13.3. The lowest BCUT2D eigenvalue weighted by Crippen LogP contribution is -2.48. The molecular formula is C25H32Cl2N4O2. The van der Waals surface area contributed by atoms with E-state index in [1.807, 2.05) is 17.1 Å². The largest absolute Gasteiger partial charge is 0.355 e. The molecule has 0 atom stereocenters. The maximum Gasteiger partial charge on any atom is 0.256 e. The van der Waals surface area contributed by atoms with E-state index in [9.17, 15) is 9.59 Å². The van der Waals surface area contributed by atoms with Gasteiger partial charge in [0, 0.05) is 31.7 Å². The Kier molecular flexibility index (Phi) is 9.01. The molecule has 0 saturated heterocycles. The zero-order valence-corrected chi connectivity index (χ0v) is 21.0. The molecule has 0 bridgehead atoms. The van der Waals surface area contributed by atoms with Gasteiger partial charge in [0.2, 0.25) is 5.91 Å². The molecule has 3 rings (SSSR count). The number of halogens is 2. The summed E-state index contributed by atoms with van der Waals surface area (Å²) in [5.41, 5.74) is 3.04. The van der Waals surface area contributed by atoms with Crippen LogP contribution in [0.1, 0.15) is 37.8 Å². The maximum atomic E-state index is 13.2. The lowest BCUT2D eigenvalue weighted by molar-refractivity contribution is -0.145. The van der Waals surface area contributed by atoms with Crippen LogP contribution in [0.3, 0.4) is 0 Å². The molecule has 1 N–H and O–H groups in total. The first-order chi connectivity index (χ1) is 15.7. The molecule has 0 aromatic heterocycles. The van der Waals surface area contributed by atoms with Crippen molar-refractivity contribution in [3.05, 3.63) is 63.6 Å². The van der Waals surface area contributed by atoms with Crippen molar-refractivity contribution >= 4 is 40.7 Å². The Balaban J connectivity index is 1.67. The van der Waals surface area contributed by atoms with Crippen LogP contribution in [0, 0.1) is 5.92 Å². The highest BCUT2D eigenvalue weighted by atomic mass is 35.5. The molecule has 2 aromatic carbocycles. The van der Waals surface area contributed by atoms with Gasteiger partial charge in [-0.05, 0) is 48.1 Å². The monoisotopic (exact) mass is 490 g/mol. The average molecular weight is 491 g/mol. The quantitative estimate of drug-likeness (QED) is 0.488. The van der Waals surface area contributed by atoms with Crippen LogP contribution in [0.15, 0.2) is 42.5 Å². The number of hydrazine groups is 1. The molecule has 2 aromatic rings. The summed E-state index contributed by atoms with van der Waals surface area (Å²) in [5, 5.41) is 7.49. The zero-order chi connectivity index (χ0) is 24.0. The number of carbonyl (C=O) groups excluding carboxylic acids is 2. The van der Waals surface area contributed by atoms with E-state index < -0.39 is 0 Å². The number of likely N-dealkylation sites (N-methyl/N-ethyl adjacent to an activating group) is 1. The van der Waals surface area contributed by atoms with Crippen molar-refractivity contribution in [1.29, 1.82) is 0 Å². The summed E-state index contributed by atoms with van der Waals surface area (Å²) in [6.07, 6.45) is 1.97. The molecule has 2 amide bonds. The fraction of sp³-hybridized carbons (Fsp3) is 0.440. The molecule has 1 heterocycles. The van der Waals surface area contributed by atoms with Gasteiger partial charge in [0.1, 0.15) is 0 Å². The van der Waals surface area contributed by atoms with Gasteiger partial charge in [0.25, 0.3) is 5.91 Å². The van der Waals surface area contributed by atoms with Gasteiger partial charge in [-0.2, -0.15) is 0 Å². The Morgan fingerprint density at radius 1 is 1.06 bits per heavy atom. The fourth-order valence-electron chi connectivity index (χ4n) is 3.88. The summed E-state index contributed by atoms with van der Waals surface area (Å²) < 4.78 is 0. The van der Waals surface area contributed by atoms with E-state index in [0.717, 1.165) is 12.8 Å². The summed E-state index contributed by atoms with van der Waals surface area (Å²) in [5.74, 6) is 0.325. The van der Waals surface area contributed by atoms with E-state index in [4.69, 9.17) is 23.2 Å². The van der Waals surface area contributed by atoms with Crippen molar-refractivity contribution in [2.45, 2.75) is 39.8 Å².